The first-order valence-electron chi connectivity index (χ1n) is 3.88. The third kappa shape index (κ3) is 1.19. The summed E-state index contributed by atoms with van der Waals surface area (Å²) in [6.07, 6.45) is 1.29. The molecule has 2 rings (SSSR count). The first-order chi connectivity index (χ1) is 6.70. The number of halogens is 1. The number of nitro groups is 1. The molecule has 0 aliphatic rings. The highest BCUT2D eigenvalue weighted by Crippen LogP contribution is 2.24. The summed E-state index contributed by atoms with van der Waals surface area (Å²) in [6.45, 7) is 0. The number of benzene rings is 1. The fraction of sp³-hybridized carbons (Fsp3) is 0. The van der Waals surface area contributed by atoms with E-state index in [1.807, 2.05) is 0 Å². The van der Waals surface area contributed by atoms with Crippen molar-refractivity contribution in [2.45, 2.75) is 0 Å². The maximum atomic E-state index is 13.3. The Kier molecular flexibility index (Phi) is 1.85. The molecule has 4 nitrogen and oxygen atoms in total. The van der Waals surface area contributed by atoms with Gasteiger partial charge in [-0.15, -0.1) is 0 Å². The van der Waals surface area contributed by atoms with E-state index in [4.69, 9.17) is 0 Å². The van der Waals surface area contributed by atoms with Crippen LogP contribution in [0.3, 0.4) is 0 Å². The highest BCUT2D eigenvalue weighted by molar-refractivity contribution is 5.89. The number of pyridine rings is 1. The Bertz CT molecular complexity index is 508. The standard InChI is InChI=1S/C9H5FN2O2/c10-7-3-1-2-6-4-5-11-9(8(6)7)12(13)14/h1-5H. The number of hydrogen-bond donors (Lipinski definition) is 0. The third-order valence-corrected chi connectivity index (χ3v) is 1.89. The summed E-state index contributed by atoms with van der Waals surface area (Å²) in [7, 11) is 0. The molecule has 0 spiro atoms. The molecule has 2 aromatic rings. The van der Waals surface area contributed by atoms with Crippen LogP contribution in [0.5, 0.6) is 0 Å². The Balaban J connectivity index is 2.91. The summed E-state index contributed by atoms with van der Waals surface area (Å²) in [5.41, 5.74) is 0. The van der Waals surface area contributed by atoms with E-state index in [2.05, 4.69) is 4.98 Å². The molecule has 0 atom stereocenters. The molecule has 0 saturated carbocycles. The molecule has 0 amide bonds. The SMILES string of the molecule is O=[N+]([O-])c1nccc2cccc(F)c12. The molecule has 0 bridgehead atoms. The minimum atomic E-state index is -0.689. The molecule has 0 aliphatic heterocycles. The van der Waals surface area contributed by atoms with E-state index in [1.54, 1.807) is 6.07 Å². The van der Waals surface area contributed by atoms with E-state index in [-0.39, 0.29) is 5.39 Å². The molecule has 0 aliphatic carbocycles. The van der Waals surface area contributed by atoms with Crippen LogP contribution >= 0.6 is 0 Å². The van der Waals surface area contributed by atoms with Crippen molar-refractivity contribution < 1.29 is 9.31 Å². The molecule has 0 radical (unpaired) electrons. The van der Waals surface area contributed by atoms with E-state index in [9.17, 15) is 14.5 Å². The van der Waals surface area contributed by atoms with Gasteiger partial charge in [0.2, 0.25) is 0 Å². The lowest BCUT2D eigenvalue weighted by Crippen LogP contribution is -1.94. The van der Waals surface area contributed by atoms with Crippen LogP contribution in [0, 0.1) is 15.9 Å². The molecule has 1 aromatic carbocycles. The van der Waals surface area contributed by atoms with Crippen LogP contribution in [-0.4, -0.2) is 9.91 Å². The smallest absolute Gasteiger partial charge is 0.358 e. The quantitative estimate of drug-likeness (QED) is 0.514. The van der Waals surface area contributed by atoms with Gasteiger partial charge in [-0.1, -0.05) is 12.1 Å². The van der Waals surface area contributed by atoms with Crippen LogP contribution < -0.4 is 0 Å². The summed E-state index contributed by atoms with van der Waals surface area (Å²) in [5, 5.41) is 11.0. The summed E-state index contributed by atoms with van der Waals surface area (Å²) in [4.78, 5) is 13.4. The van der Waals surface area contributed by atoms with Gasteiger partial charge in [-0.25, -0.2) is 4.39 Å². The zero-order valence-corrected chi connectivity index (χ0v) is 6.98. The first-order valence-corrected chi connectivity index (χ1v) is 3.88. The zero-order chi connectivity index (χ0) is 10.1. The lowest BCUT2D eigenvalue weighted by Gasteiger charge is -1.98. The number of hydrogen-bond acceptors (Lipinski definition) is 3. The van der Waals surface area contributed by atoms with Crippen molar-refractivity contribution in [3.8, 4) is 0 Å². The maximum Gasteiger partial charge on any atom is 0.374 e. The fourth-order valence-corrected chi connectivity index (χ4v) is 1.31. The van der Waals surface area contributed by atoms with Crippen LogP contribution in [0.25, 0.3) is 10.8 Å². The highest BCUT2D eigenvalue weighted by Gasteiger charge is 2.15. The summed E-state index contributed by atoms with van der Waals surface area (Å²) in [5.74, 6) is -1.07. The monoisotopic (exact) mass is 192 g/mol. The predicted octanol–water partition coefficient (Wildman–Crippen LogP) is 2.28. The maximum absolute atomic E-state index is 13.3. The minimum absolute atomic E-state index is 0.0417. The van der Waals surface area contributed by atoms with Gasteiger partial charge in [0.15, 0.2) is 0 Å². The second-order valence-electron chi connectivity index (χ2n) is 2.73. The van der Waals surface area contributed by atoms with Gasteiger partial charge in [0.1, 0.15) is 17.4 Å². The van der Waals surface area contributed by atoms with E-state index >= 15 is 0 Å². The van der Waals surface area contributed by atoms with Crippen molar-refractivity contribution in [3.05, 3.63) is 46.4 Å². The van der Waals surface area contributed by atoms with Crippen molar-refractivity contribution in [2.24, 2.45) is 0 Å². The second-order valence-corrected chi connectivity index (χ2v) is 2.73. The molecule has 70 valence electrons. The van der Waals surface area contributed by atoms with Crippen molar-refractivity contribution in [3.63, 3.8) is 0 Å². The third-order valence-electron chi connectivity index (χ3n) is 1.89. The molecular formula is C9H5FN2O2. The Morgan fingerprint density at radius 1 is 1.36 bits per heavy atom. The van der Waals surface area contributed by atoms with Crippen molar-refractivity contribution in [1.82, 2.24) is 4.98 Å². The van der Waals surface area contributed by atoms with Crippen LogP contribution in [0.15, 0.2) is 30.5 Å². The Morgan fingerprint density at radius 3 is 2.86 bits per heavy atom. The lowest BCUT2D eigenvalue weighted by atomic mass is 10.1. The zero-order valence-electron chi connectivity index (χ0n) is 6.98. The Labute approximate surface area is 78.2 Å². The Hall–Kier alpha value is -2.04. The molecule has 0 unspecified atom stereocenters. The minimum Gasteiger partial charge on any atom is -0.358 e. The summed E-state index contributed by atoms with van der Waals surface area (Å²) in [6, 6.07) is 5.82. The molecule has 5 heteroatoms. The van der Waals surface area contributed by atoms with Crippen molar-refractivity contribution in [2.75, 3.05) is 0 Å². The van der Waals surface area contributed by atoms with Gasteiger partial charge in [0, 0.05) is 0 Å². The lowest BCUT2D eigenvalue weighted by molar-refractivity contribution is -0.387. The molecule has 0 saturated heterocycles. The number of nitrogens with zero attached hydrogens (tertiary/aromatic N) is 2. The average Bonchev–Trinajstić information content (AvgIpc) is 2.17. The fourth-order valence-electron chi connectivity index (χ4n) is 1.31. The molecule has 14 heavy (non-hydrogen) atoms. The number of aromatic nitrogens is 1. The number of rotatable bonds is 1. The molecule has 1 heterocycles. The van der Waals surface area contributed by atoms with Gasteiger partial charge < -0.3 is 10.1 Å². The summed E-state index contributed by atoms with van der Waals surface area (Å²) >= 11 is 0. The van der Waals surface area contributed by atoms with Crippen molar-refractivity contribution >= 4 is 16.6 Å². The van der Waals surface area contributed by atoms with Gasteiger partial charge >= 0.3 is 5.82 Å². The van der Waals surface area contributed by atoms with Gasteiger partial charge in [0.05, 0.1) is 0 Å². The van der Waals surface area contributed by atoms with E-state index in [0.717, 1.165) is 0 Å². The predicted molar refractivity (Wildman–Crippen MR) is 48.4 cm³/mol. The first kappa shape index (κ1) is 8.55. The van der Waals surface area contributed by atoms with Crippen LogP contribution in [0.4, 0.5) is 10.2 Å². The molecule has 0 N–H and O–H groups in total. The van der Waals surface area contributed by atoms with Gasteiger partial charge in [-0.2, -0.15) is 0 Å². The topological polar surface area (TPSA) is 56.0 Å². The molecular weight excluding hydrogens is 187 g/mol. The average molecular weight is 192 g/mol. The van der Waals surface area contributed by atoms with E-state index in [1.165, 1.54) is 24.4 Å². The van der Waals surface area contributed by atoms with Crippen LogP contribution in [0.1, 0.15) is 0 Å². The highest BCUT2D eigenvalue weighted by atomic mass is 19.1. The van der Waals surface area contributed by atoms with Crippen molar-refractivity contribution in [1.29, 1.82) is 0 Å². The van der Waals surface area contributed by atoms with Crippen LogP contribution in [0.2, 0.25) is 0 Å². The van der Waals surface area contributed by atoms with Gasteiger partial charge in [-0.3, -0.25) is 0 Å². The number of fused-ring (bicyclic) bond motifs is 1. The van der Waals surface area contributed by atoms with E-state index in [0.29, 0.717) is 5.39 Å². The van der Waals surface area contributed by atoms with Crippen LogP contribution in [-0.2, 0) is 0 Å². The largest absolute Gasteiger partial charge is 0.374 e. The van der Waals surface area contributed by atoms with Gasteiger partial charge in [0.25, 0.3) is 0 Å². The van der Waals surface area contributed by atoms with E-state index < -0.39 is 16.6 Å². The Morgan fingerprint density at radius 2 is 2.14 bits per heavy atom. The molecule has 1 aromatic heterocycles. The van der Waals surface area contributed by atoms with Gasteiger partial charge in [-0.05, 0) is 27.4 Å². The normalized spacial score (nSPS) is 10.4. The summed E-state index contributed by atoms with van der Waals surface area (Å²) < 4.78 is 13.3. The second kappa shape index (κ2) is 3.02. The molecule has 0 fully saturated rings.